The normalized spacial score (nSPS) is 13.1. The number of nitrogens with zero attached hydrogens (tertiary/aromatic N) is 2. The molecule has 1 aliphatic rings. The number of hydrogen-bond acceptors (Lipinski definition) is 5. The quantitative estimate of drug-likeness (QED) is 0.470. The van der Waals surface area contributed by atoms with Gasteiger partial charge in [0, 0.05) is 47.3 Å². The highest BCUT2D eigenvalue weighted by molar-refractivity contribution is 6.26. The molecule has 2 aromatic carbocycles. The molecular formula is C20H20N2O4. The van der Waals surface area contributed by atoms with Crippen LogP contribution in [0, 0.1) is 0 Å². The molecule has 0 fully saturated rings. The van der Waals surface area contributed by atoms with Crippen molar-refractivity contribution in [1.29, 1.82) is 0 Å². The summed E-state index contributed by atoms with van der Waals surface area (Å²) in [5, 5.41) is 1.53. The van der Waals surface area contributed by atoms with Gasteiger partial charge in [-0.15, -0.1) is 0 Å². The van der Waals surface area contributed by atoms with Crippen LogP contribution in [0.2, 0.25) is 0 Å². The standard InChI is InChI=1S/C20H20N2O4/c1-12(2)20(25)26-11-10-22-18(23)14-7-5-6-13-16(21(3)4)9-8-15(17(13)14)19(22)24/h5-9H,1,10-11H2,2-4H3. The molecule has 26 heavy (non-hydrogen) atoms. The fourth-order valence-corrected chi connectivity index (χ4v) is 3.08. The lowest BCUT2D eigenvalue weighted by molar-refractivity contribution is -0.139. The first-order valence-corrected chi connectivity index (χ1v) is 8.24. The first-order chi connectivity index (χ1) is 12.3. The summed E-state index contributed by atoms with van der Waals surface area (Å²) in [6.45, 7) is 4.98. The number of ether oxygens (including phenoxy) is 1. The Hall–Kier alpha value is -3.15. The molecule has 0 radical (unpaired) electrons. The number of esters is 1. The molecule has 6 nitrogen and oxygen atoms in total. The summed E-state index contributed by atoms with van der Waals surface area (Å²) in [6.07, 6.45) is 0. The minimum Gasteiger partial charge on any atom is -0.460 e. The van der Waals surface area contributed by atoms with Crippen molar-refractivity contribution in [3.05, 3.63) is 53.6 Å². The van der Waals surface area contributed by atoms with Gasteiger partial charge in [-0.25, -0.2) is 4.79 Å². The van der Waals surface area contributed by atoms with Gasteiger partial charge in [0.1, 0.15) is 6.61 Å². The van der Waals surface area contributed by atoms with E-state index in [1.165, 1.54) is 0 Å². The Morgan fingerprint density at radius 3 is 2.38 bits per heavy atom. The van der Waals surface area contributed by atoms with Crippen LogP contribution in [0.25, 0.3) is 10.8 Å². The van der Waals surface area contributed by atoms with Gasteiger partial charge < -0.3 is 9.64 Å². The zero-order chi connectivity index (χ0) is 19.0. The van der Waals surface area contributed by atoms with Gasteiger partial charge in [-0.2, -0.15) is 0 Å². The number of carbonyl (C=O) groups is 3. The first-order valence-electron chi connectivity index (χ1n) is 8.24. The van der Waals surface area contributed by atoms with Crippen molar-refractivity contribution in [2.75, 3.05) is 32.1 Å². The van der Waals surface area contributed by atoms with E-state index in [1.807, 2.05) is 31.1 Å². The number of amides is 2. The van der Waals surface area contributed by atoms with Gasteiger partial charge in [-0.1, -0.05) is 18.7 Å². The van der Waals surface area contributed by atoms with E-state index in [1.54, 1.807) is 25.1 Å². The third-order valence-electron chi connectivity index (χ3n) is 4.35. The van der Waals surface area contributed by atoms with E-state index in [0.717, 1.165) is 16.0 Å². The van der Waals surface area contributed by atoms with Crippen molar-refractivity contribution in [2.24, 2.45) is 0 Å². The molecule has 1 heterocycles. The maximum atomic E-state index is 12.8. The fourth-order valence-electron chi connectivity index (χ4n) is 3.08. The predicted octanol–water partition coefficient (Wildman–Crippen LogP) is 2.62. The van der Waals surface area contributed by atoms with E-state index in [0.29, 0.717) is 16.5 Å². The highest BCUT2D eigenvalue weighted by Gasteiger charge is 2.33. The van der Waals surface area contributed by atoms with E-state index >= 15 is 0 Å². The van der Waals surface area contributed by atoms with Crippen molar-refractivity contribution in [3.8, 4) is 0 Å². The second-order valence-corrected chi connectivity index (χ2v) is 6.43. The van der Waals surface area contributed by atoms with Crippen LogP contribution in [-0.4, -0.2) is 49.9 Å². The summed E-state index contributed by atoms with van der Waals surface area (Å²) in [5.41, 5.74) is 2.17. The molecule has 0 aliphatic carbocycles. The van der Waals surface area contributed by atoms with E-state index in [4.69, 9.17) is 4.74 Å². The minimum absolute atomic E-state index is 0.00193. The zero-order valence-corrected chi connectivity index (χ0v) is 15.0. The second-order valence-electron chi connectivity index (χ2n) is 6.43. The average molecular weight is 352 g/mol. The monoisotopic (exact) mass is 352 g/mol. The van der Waals surface area contributed by atoms with Crippen LogP contribution in [0.15, 0.2) is 42.5 Å². The largest absolute Gasteiger partial charge is 0.460 e. The summed E-state index contributed by atoms with van der Waals surface area (Å²) < 4.78 is 5.02. The van der Waals surface area contributed by atoms with Crippen LogP contribution in [0.4, 0.5) is 5.69 Å². The van der Waals surface area contributed by atoms with Gasteiger partial charge in [0.2, 0.25) is 0 Å². The molecule has 1 aliphatic heterocycles. The van der Waals surface area contributed by atoms with Crippen LogP contribution in [0.3, 0.4) is 0 Å². The average Bonchev–Trinajstić information content (AvgIpc) is 2.61. The Kier molecular flexibility index (Phi) is 4.50. The van der Waals surface area contributed by atoms with E-state index in [2.05, 4.69) is 6.58 Å². The molecule has 0 bridgehead atoms. The molecule has 0 atom stereocenters. The molecule has 0 N–H and O–H groups in total. The van der Waals surface area contributed by atoms with Gasteiger partial charge in [-0.05, 0) is 25.1 Å². The van der Waals surface area contributed by atoms with E-state index in [-0.39, 0.29) is 30.5 Å². The molecule has 2 aromatic rings. The van der Waals surface area contributed by atoms with E-state index < -0.39 is 5.97 Å². The minimum atomic E-state index is -0.542. The number of hydrogen-bond donors (Lipinski definition) is 0. The summed E-state index contributed by atoms with van der Waals surface area (Å²) in [6, 6.07) is 9.04. The lowest BCUT2D eigenvalue weighted by atomic mass is 9.93. The number of benzene rings is 2. The van der Waals surface area contributed by atoms with Crippen LogP contribution in [0.1, 0.15) is 27.6 Å². The maximum absolute atomic E-state index is 12.8. The molecule has 0 spiro atoms. The lowest BCUT2D eigenvalue weighted by Gasteiger charge is -2.28. The number of imide groups is 1. The summed E-state index contributed by atoms with van der Waals surface area (Å²) in [7, 11) is 3.83. The summed E-state index contributed by atoms with van der Waals surface area (Å²) in [4.78, 5) is 40.2. The maximum Gasteiger partial charge on any atom is 0.333 e. The predicted molar refractivity (Wildman–Crippen MR) is 99.4 cm³/mol. The van der Waals surface area contributed by atoms with Crippen LogP contribution >= 0.6 is 0 Å². The summed E-state index contributed by atoms with van der Waals surface area (Å²) in [5.74, 6) is -1.30. The second kappa shape index (κ2) is 6.63. The van der Waals surface area contributed by atoms with Crippen molar-refractivity contribution in [2.45, 2.75) is 6.92 Å². The molecule has 0 saturated carbocycles. The van der Waals surface area contributed by atoms with Crippen molar-refractivity contribution in [3.63, 3.8) is 0 Å². The van der Waals surface area contributed by atoms with Crippen LogP contribution < -0.4 is 4.90 Å². The number of carbonyl (C=O) groups excluding carboxylic acids is 3. The summed E-state index contributed by atoms with van der Waals surface area (Å²) >= 11 is 0. The van der Waals surface area contributed by atoms with E-state index in [9.17, 15) is 14.4 Å². The molecule has 134 valence electrons. The lowest BCUT2D eigenvalue weighted by Crippen LogP contribution is -2.42. The molecule has 0 saturated heterocycles. The van der Waals surface area contributed by atoms with Gasteiger partial charge in [-0.3, -0.25) is 14.5 Å². The fraction of sp³-hybridized carbons (Fsp3) is 0.250. The molecule has 0 unspecified atom stereocenters. The van der Waals surface area contributed by atoms with Gasteiger partial charge in [0.15, 0.2) is 0 Å². The Morgan fingerprint density at radius 2 is 1.77 bits per heavy atom. The van der Waals surface area contributed by atoms with Crippen molar-refractivity contribution in [1.82, 2.24) is 4.90 Å². The molecular weight excluding hydrogens is 332 g/mol. The Balaban J connectivity index is 1.96. The zero-order valence-electron chi connectivity index (χ0n) is 15.0. The van der Waals surface area contributed by atoms with Crippen LogP contribution in [0.5, 0.6) is 0 Å². The highest BCUT2D eigenvalue weighted by atomic mass is 16.5. The molecule has 0 aromatic heterocycles. The van der Waals surface area contributed by atoms with Crippen molar-refractivity contribution < 1.29 is 19.1 Å². The Bertz CT molecular complexity index is 924. The Morgan fingerprint density at radius 1 is 1.12 bits per heavy atom. The van der Waals surface area contributed by atoms with Crippen molar-refractivity contribution >= 4 is 34.2 Å². The Labute approximate surface area is 151 Å². The third-order valence-corrected chi connectivity index (χ3v) is 4.35. The smallest absolute Gasteiger partial charge is 0.333 e. The SMILES string of the molecule is C=C(C)C(=O)OCCN1C(=O)c2cccc3c(N(C)C)ccc(c23)C1=O. The van der Waals surface area contributed by atoms with Gasteiger partial charge in [0.25, 0.3) is 11.8 Å². The topological polar surface area (TPSA) is 66.9 Å². The number of rotatable bonds is 5. The van der Waals surface area contributed by atoms with Gasteiger partial charge >= 0.3 is 5.97 Å². The third kappa shape index (κ3) is 2.83. The number of anilines is 1. The highest BCUT2D eigenvalue weighted by Crippen LogP contribution is 2.35. The molecule has 3 rings (SSSR count). The molecule has 6 heteroatoms. The van der Waals surface area contributed by atoms with Gasteiger partial charge in [0.05, 0.1) is 6.54 Å². The van der Waals surface area contributed by atoms with Crippen LogP contribution in [-0.2, 0) is 9.53 Å². The molecule has 2 amide bonds. The first kappa shape index (κ1) is 17.7.